The van der Waals surface area contributed by atoms with Gasteiger partial charge in [-0.05, 0) is 18.4 Å². The zero-order valence-corrected chi connectivity index (χ0v) is 4.29. The molecule has 0 aliphatic carbocycles. The van der Waals surface area contributed by atoms with Gasteiger partial charge in [-0.25, -0.2) is 0 Å². The molecule has 1 heterocycles. The van der Waals surface area contributed by atoms with Crippen LogP contribution in [-0.2, 0) is 4.79 Å². The molecule has 2 heteroatoms. The van der Waals surface area contributed by atoms with E-state index in [9.17, 15) is 4.79 Å². The molecule has 1 N–H and O–H groups in total. The number of allylic oxidation sites excluding steroid dienone is 2. The Morgan fingerprint density at radius 1 is 1.50 bits per heavy atom. The molecular formula is C6H6NO. The number of hydrogen-bond acceptors (Lipinski definition) is 2. The Morgan fingerprint density at radius 3 is 2.75 bits per heavy atom. The lowest BCUT2D eigenvalue weighted by molar-refractivity contribution is -0.106. The Hall–Kier alpha value is -1.05. The van der Waals surface area contributed by atoms with Gasteiger partial charge in [0.25, 0.3) is 0 Å². The molecule has 0 saturated carbocycles. The van der Waals surface area contributed by atoms with E-state index < -0.39 is 0 Å². The van der Waals surface area contributed by atoms with E-state index in [2.05, 4.69) is 5.32 Å². The summed E-state index contributed by atoms with van der Waals surface area (Å²) < 4.78 is 0. The van der Waals surface area contributed by atoms with Gasteiger partial charge in [0.1, 0.15) is 6.04 Å². The highest BCUT2D eigenvalue weighted by Crippen LogP contribution is 1.96. The second-order valence-corrected chi connectivity index (χ2v) is 1.44. The van der Waals surface area contributed by atoms with Crippen molar-refractivity contribution < 1.29 is 4.79 Å². The third-order valence-corrected chi connectivity index (χ3v) is 0.860. The van der Waals surface area contributed by atoms with Crippen LogP contribution >= 0.6 is 0 Å². The molecule has 0 aromatic carbocycles. The zero-order valence-electron chi connectivity index (χ0n) is 4.29. The van der Waals surface area contributed by atoms with Gasteiger partial charge in [0.2, 0.25) is 0 Å². The molecule has 2 nitrogen and oxygen atoms in total. The van der Waals surface area contributed by atoms with E-state index in [1.54, 1.807) is 18.4 Å². The van der Waals surface area contributed by atoms with Gasteiger partial charge in [0, 0.05) is 0 Å². The summed E-state index contributed by atoms with van der Waals surface area (Å²) in [6.45, 7) is 0. The monoisotopic (exact) mass is 108 g/mol. The number of hydrogen-bond donors (Lipinski definition) is 1. The van der Waals surface area contributed by atoms with Gasteiger partial charge >= 0.3 is 0 Å². The summed E-state index contributed by atoms with van der Waals surface area (Å²) in [4.78, 5) is 9.98. The smallest absolute Gasteiger partial charge is 0.152 e. The molecule has 1 rings (SSSR count). The first-order valence-electron chi connectivity index (χ1n) is 2.35. The molecule has 1 radical (unpaired) electrons. The largest absolute Gasteiger partial charge is 0.373 e. The third kappa shape index (κ3) is 0.964. The Bertz CT molecular complexity index is 137. The second-order valence-electron chi connectivity index (χ2n) is 1.44. The highest BCUT2D eigenvalue weighted by molar-refractivity contribution is 5.72. The summed E-state index contributed by atoms with van der Waals surface area (Å²) in [5.41, 5.74) is 0. The number of carbonyl (C=O) groups is 1. The van der Waals surface area contributed by atoms with Crippen LogP contribution in [0.1, 0.15) is 0 Å². The van der Waals surface area contributed by atoms with Crippen molar-refractivity contribution in [2.75, 3.05) is 0 Å². The minimum Gasteiger partial charge on any atom is -0.373 e. The Labute approximate surface area is 47.9 Å². The van der Waals surface area contributed by atoms with E-state index in [1.165, 1.54) is 0 Å². The first-order valence-corrected chi connectivity index (χ1v) is 2.35. The number of rotatable bonds is 1. The molecule has 1 aliphatic rings. The van der Waals surface area contributed by atoms with Crippen LogP contribution in [0.2, 0.25) is 0 Å². The van der Waals surface area contributed by atoms with Crippen molar-refractivity contribution in [1.82, 2.24) is 5.32 Å². The average molecular weight is 108 g/mol. The standard InChI is InChI=1S/C6H6NO/c8-5-6-3-1-2-4-7-6/h1-5,7H. The van der Waals surface area contributed by atoms with Crippen LogP contribution in [0.3, 0.4) is 0 Å². The van der Waals surface area contributed by atoms with Crippen LogP contribution in [0.25, 0.3) is 0 Å². The van der Waals surface area contributed by atoms with E-state index in [1.807, 2.05) is 6.08 Å². The van der Waals surface area contributed by atoms with Crippen molar-refractivity contribution >= 4 is 6.29 Å². The zero-order chi connectivity index (χ0) is 5.82. The number of carbonyl (C=O) groups excluding carboxylic acids is 1. The van der Waals surface area contributed by atoms with Gasteiger partial charge < -0.3 is 10.1 Å². The van der Waals surface area contributed by atoms with Gasteiger partial charge in [-0.1, -0.05) is 6.08 Å². The van der Waals surface area contributed by atoms with Crippen molar-refractivity contribution in [3.63, 3.8) is 0 Å². The molecule has 0 amide bonds. The highest BCUT2D eigenvalue weighted by atomic mass is 16.1. The minimum absolute atomic E-state index is 0.604. The molecule has 0 aromatic heterocycles. The predicted molar refractivity (Wildman–Crippen MR) is 30.7 cm³/mol. The molecule has 0 saturated heterocycles. The molecule has 8 heavy (non-hydrogen) atoms. The quantitative estimate of drug-likeness (QED) is 0.492. The third-order valence-electron chi connectivity index (χ3n) is 0.860. The summed E-state index contributed by atoms with van der Waals surface area (Å²) in [6, 6.07) is 0.604. The molecular weight excluding hydrogens is 102 g/mol. The maximum atomic E-state index is 9.98. The molecule has 0 aromatic rings. The molecule has 41 valence electrons. The van der Waals surface area contributed by atoms with Crippen molar-refractivity contribution in [3.05, 3.63) is 30.5 Å². The van der Waals surface area contributed by atoms with Crippen LogP contribution in [0, 0.1) is 6.04 Å². The molecule has 0 unspecified atom stereocenters. The summed E-state index contributed by atoms with van der Waals surface area (Å²) in [5.74, 6) is 0. The summed E-state index contributed by atoms with van der Waals surface area (Å²) in [6.07, 6.45) is 7.84. The van der Waals surface area contributed by atoms with Crippen molar-refractivity contribution in [1.29, 1.82) is 0 Å². The summed E-state index contributed by atoms with van der Waals surface area (Å²) in [7, 11) is 0. The highest BCUT2D eigenvalue weighted by Gasteiger charge is 1.99. The topological polar surface area (TPSA) is 29.1 Å². The second kappa shape index (κ2) is 2.31. The number of aldehydes is 1. The average Bonchev–Trinajstić information content (AvgIpc) is 1.90. The summed E-state index contributed by atoms with van der Waals surface area (Å²) >= 11 is 0. The first-order chi connectivity index (χ1) is 3.93. The summed E-state index contributed by atoms with van der Waals surface area (Å²) in [5, 5.41) is 2.75. The van der Waals surface area contributed by atoms with E-state index in [0.717, 1.165) is 6.29 Å². The normalized spacial score (nSPS) is 18.0. The first kappa shape index (κ1) is 5.09. The Morgan fingerprint density at radius 2 is 2.38 bits per heavy atom. The van der Waals surface area contributed by atoms with E-state index in [-0.39, 0.29) is 0 Å². The lowest BCUT2D eigenvalue weighted by Crippen LogP contribution is -2.15. The van der Waals surface area contributed by atoms with E-state index >= 15 is 0 Å². The van der Waals surface area contributed by atoms with Gasteiger partial charge in [0.15, 0.2) is 6.29 Å². The lowest BCUT2D eigenvalue weighted by Gasteiger charge is -2.04. The van der Waals surface area contributed by atoms with Crippen LogP contribution in [-0.4, -0.2) is 6.29 Å². The SMILES string of the molecule is O=C[C]1C=CC=CN1. The van der Waals surface area contributed by atoms with Crippen LogP contribution in [0.5, 0.6) is 0 Å². The predicted octanol–water partition coefficient (Wildman–Crippen LogP) is 0.390. The van der Waals surface area contributed by atoms with Gasteiger partial charge in [0.05, 0.1) is 0 Å². The maximum absolute atomic E-state index is 9.98. The van der Waals surface area contributed by atoms with Gasteiger partial charge in [-0.2, -0.15) is 0 Å². The fraction of sp³-hybridized carbons (Fsp3) is 0. The van der Waals surface area contributed by atoms with Crippen molar-refractivity contribution in [2.24, 2.45) is 0 Å². The van der Waals surface area contributed by atoms with Crippen molar-refractivity contribution in [2.45, 2.75) is 0 Å². The van der Waals surface area contributed by atoms with Crippen LogP contribution in [0.4, 0.5) is 0 Å². The molecule has 0 bridgehead atoms. The molecule has 1 aliphatic heterocycles. The van der Waals surface area contributed by atoms with E-state index in [0.29, 0.717) is 6.04 Å². The fourth-order valence-corrected chi connectivity index (χ4v) is 0.481. The Kier molecular flexibility index (Phi) is 1.47. The van der Waals surface area contributed by atoms with Gasteiger partial charge in [-0.3, -0.25) is 0 Å². The fourth-order valence-electron chi connectivity index (χ4n) is 0.481. The van der Waals surface area contributed by atoms with Crippen LogP contribution < -0.4 is 5.32 Å². The molecule has 0 fully saturated rings. The van der Waals surface area contributed by atoms with Crippen molar-refractivity contribution in [3.8, 4) is 0 Å². The number of dihydropyridines is 1. The Balaban J connectivity index is 2.51. The maximum Gasteiger partial charge on any atom is 0.152 e. The van der Waals surface area contributed by atoms with Crippen LogP contribution in [0.15, 0.2) is 24.4 Å². The van der Waals surface area contributed by atoms with Gasteiger partial charge in [-0.15, -0.1) is 0 Å². The molecule has 0 atom stereocenters. The lowest BCUT2D eigenvalue weighted by atomic mass is 10.2. The molecule has 0 spiro atoms. The number of nitrogens with one attached hydrogen (secondary N) is 1. The van der Waals surface area contributed by atoms with E-state index in [4.69, 9.17) is 0 Å². The minimum atomic E-state index is 0.604.